The molecule has 66 valence electrons. The number of esters is 1. The van der Waals surface area contributed by atoms with E-state index in [1.165, 1.54) is 0 Å². The van der Waals surface area contributed by atoms with Crippen molar-refractivity contribution in [3.63, 3.8) is 0 Å². The Morgan fingerprint density at radius 3 is 1.64 bits per heavy atom. The van der Waals surface area contributed by atoms with Crippen molar-refractivity contribution in [2.75, 3.05) is 0 Å². The molecule has 0 fully saturated rings. The van der Waals surface area contributed by atoms with Crippen LogP contribution in [-0.2, 0) is 9.53 Å². The van der Waals surface area contributed by atoms with Crippen molar-refractivity contribution >= 4 is 53.8 Å². The molecule has 0 spiro atoms. The van der Waals surface area contributed by atoms with Crippen LogP contribution in [0.4, 0.5) is 0 Å². The third kappa shape index (κ3) is 6.11. The highest BCUT2D eigenvalue weighted by molar-refractivity contribution is 9.40. The number of carbonyl (C=O) groups is 1. The summed E-state index contributed by atoms with van der Waals surface area (Å²) in [6.07, 6.45) is 0. The minimum atomic E-state index is -0.958. The smallest absolute Gasteiger partial charge is 0.345 e. The molecule has 0 saturated carbocycles. The molecule has 0 aliphatic heterocycles. The van der Waals surface area contributed by atoms with Gasteiger partial charge >= 0.3 is 5.97 Å². The largest absolute Gasteiger partial charge is 0.458 e. The van der Waals surface area contributed by atoms with Crippen molar-refractivity contribution in [3.8, 4) is 0 Å². The highest BCUT2D eigenvalue weighted by Gasteiger charge is 2.33. The lowest BCUT2D eigenvalue weighted by Crippen LogP contribution is -2.30. The summed E-state index contributed by atoms with van der Waals surface area (Å²) in [7, 11) is 0. The first-order valence-corrected chi connectivity index (χ1v) is 5.31. The molecular formula is C6H9Br3O2. The molecule has 0 bridgehead atoms. The van der Waals surface area contributed by atoms with Crippen LogP contribution in [0.2, 0.25) is 0 Å². The summed E-state index contributed by atoms with van der Waals surface area (Å²) in [6, 6.07) is 0. The van der Waals surface area contributed by atoms with Gasteiger partial charge in [-0.1, -0.05) is 0 Å². The molecule has 0 unspecified atom stereocenters. The predicted molar refractivity (Wildman–Crippen MR) is 55.4 cm³/mol. The fourth-order valence-electron chi connectivity index (χ4n) is 0.336. The first-order chi connectivity index (χ1) is 4.63. The zero-order valence-electron chi connectivity index (χ0n) is 6.45. The maximum absolute atomic E-state index is 11.1. The average Bonchev–Trinajstić information content (AvgIpc) is 1.56. The van der Waals surface area contributed by atoms with Crippen LogP contribution in [0.5, 0.6) is 0 Å². The van der Waals surface area contributed by atoms with E-state index in [1.807, 2.05) is 20.8 Å². The zero-order valence-corrected chi connectivity index (χ0v) is 11.2. The van der Waals surface area contributed by atoms with Crippen molar-refractivity contribution < 1.29 is 9.53 Å². The standard InChI is InChI=1S/C6H9Br3O2/c1-5(2,3)11-4(10)6(7,8)9/h1-3H3. The zero-order chi connectivity index (χ0) is 9.28. The molecule has 0 aromatic carbocycles. The Hall–Kier alpha value is 0.910. The molecule has 0 aliphatic rings. The molecule has 0 atom stereocenters. The molecule has 0 N–H and O–H groups in total. The summed E-state index contributed by atoms with van der Waals surface area (Å²) in [5, 5.41) is 0. The van der Waals surface area contributed by atoms with Crippen molar-refractivity contribution in [2.45, 2.75) is 28.5 Å². The van der Waals surface area contributed by atoms with Crippen LogP contribution >= 0.6 is 47.8 Å². The Morgan fingerprint density at radius 2 is 1.55 bits per heavy atom. The molecule has 5 heteroatoms. The highest BCUT2D eigenvalue weighted by atomic mass is 80.0. The SMILES string of the molecule is CC(C)(C)OC(=O)C(Br)(Br)Br. The molecule has 0 saturated heterocycles. The summed E-state index contributed by atoms with van der Waals surface area (Å²) >= 11 is 9.17. The first-order valence-electron chi connectivity index (χ1n) is 2.93. The van der Waals surface area contributed by atoms with Gasteiger partial charge in [-0.2, -0.15) is 0 Å². The molecular weight excluding hydrogens is 344 g/mol. The van der Waals surface area contributed by atoms with Crippen molar-refractivity contribution in [1.29, 1.82) is 0 Å². The van der Waals surface area contributed by atoms with E-state index < -0.39 is 13.7 Å². The minimum absolute atomic E-state index is 0.398. The third-order valence-corrected chi connectivity index (χ3v) is 1.60. The Balaban J connectivity index is 4.11. The van der Waals surface area contributed by atoms with Crippen LogP contribution < -0.4 is 0 Å². The van der Waals surface area contributed by atoms with Crippen molar-refractivity contribution in [1.82, 2.24) is 0 Å². The van der Waals surface area contributed by atoms with Gasteiger partial charge in [0.05, 0.1) is 0 Å². The number of hydrogen-bond donors (Lipinski definition) is 0. The maximum Gasteiger partial charge on any atom is 0.345 e. The Bertz CT molecular complexity index is 154. The highest BCUT2D eigenvalue weighted by Crippen LogP contribution is 2.35. The second-order valence-electron chi connectivity index (χ2n) is 3.00. The van der Waals surface area contributed by atoms with E-state index in [1.54, 1.807) is 0 Å². The van der Waals surface area contributed by atoms with Gasteiger partial charge in [0.1, 0.15) is 5.60 Å². The fraction of sp³-hybridized carbons (Fsp3) is 0.833. The van der Waals surface area contributed by atoms with E-state index in [9.17, 15) is 4.79 Å². The molecule has 0 rings (SSSR count). The molecule has 0 amide bonds. The molecule has 0 aliphatic carbocycles. The van der Waals surface area contributed by atoms with Gasteiger partial charge in [0.15, 0.2) is 0 Å². The molecule has 11 heavy (non-hydrogen) atoms. The maximum atomic E-state index is 11.1. The lowest BCUT2D eigenvalue weighted by molar-refractivity contribution is -0.152. The minimum Gasteiger partial charge on any atom is -0.458 e. The monoisotopic (exact) mass is 350 g/mol. The van der Waals surface area contributed by atoms with E-state index in [-0.39, 0.29) is 0 Å². The number of alkyl halides is 3. The third-order valence-electron chi connectivity index (χ3n) is 0.630. The molecule has 2 nitrogen and oxygen atoms in total. The summed E-state index contributed by atoms with van der Waals surface area (Å²) in [5.74, 6) is -0.398. The number of carbonyl (C=O) groups excluding carboxylic acids is 1. The Kier molecular flexibility index (Phi) is 4.06. The van der Waals surface area contributed by atoms with Crippen LogP contribution in [0.25, 0.3) is 0 Å². The summed E-state index contributed by atoms with van der Waals surface area (Å²) in [6.45, 7) is 5.43. The second-order valence-corrected chi connectivity index (χ2v) is 9.76. The second kappa shape index (κ2) is 3.75. The van der Waals surface area contributed by atoms with Crippen LogP contribution in [0.15, 0.2) is 0 Å². The van der Waals surface area contributed by atoms with E-state index >= 15 is 0 Å². The Labute approximate surface area is 91.4 Å². The normalized spacial score (nSPS) is 12.9. The van der Waals surface area contributed by atoms with Gasteiger partial charge in [-0.3, -0.25) is 0 Å². The first kappa shape index (κ1) is 11.9. The number of hydrogen-bond acceptors (Lipinski definition) is 2. The van der Waals surface area contributed by atoms with E-state index in [0.717, 1.165) is 0 Å². The van der Waals surface area contributed by atoms with Crippen LogP contribution in [0, 0.1) is 0 Å². The Morgan fingerprint density at radius 1 is 1.18 bits per heavy atom. The van der Waals surface area contributed by atoms with E-state index in [0.29, 0.717) is 0 Å². The molecule has 0 aromatic heterocycles. The predicted octanol–water partition coefficient (Wildman–Crippen LogP) is 3.17. The van der Waals surface area contributed by atoms with Crippen molar-refractivity contribution in [2.24, 2.45) is 0 Å². The topological polar surface area (TPSA) is 26.3 Å². The lowest BCUT2D eigenvalue weighted by Gasteiger charge is -2.22. The molecule has 0 radical (unpaired) electrons. The fourth-order valence-corrected chi connectivity index (χ4v) is 0.579. The van der Waals surface area contributed by atoms with Crippen molar-refractivity contribution in [3.05, 3.63) is 0 Å². The van der Waals surface area contributed by atoms with E-state index in [2.05, 4.69) is 47.8 Å². The summed E-state index contributed by atoms with van der Waals surface area (Å²) in [4.78, 5) is 11.1. The van der Waals surface area contributed by atoms with Gasteiger partial charge in [-0.25, -0.2) is 4.79 Å². The van der Waals surface area contributed by atoms with Gasteiger partial charge in [0.25, 0.3) is 0 Å². The molecule has 0 heterocycles. The molecule has 0 aromatic rings. The number of rotatable bonds is 0. The van der Waals surface area contributed by atoms with Gasteiger partial charge in [0.2, 0.25) is 2.14 Å². The van der Waals surface area contributed by atoms with Crippen LogP contribution in [0.1, 0.15) is 20.8 Å². The average molecular weight is 353 g/mol. The summed E-state index contributed by atoms with van der Waals surface area (Å²) in [5.41, 5.74) is -0.461. The summed E-state index contributed by atoms with van der Waals surface area (Å²) < 4.78 is 4.06. The number of halogens is 3. The van der Waals surface area contributed by atoms with Gasteiger partial charge in [-0.05, 0) is 68.6 Å². The van der Waals surface area contributed by atoms with E-state index in [4.69, 9.17) is 4.74 Å². The van der Waals surface area contributed by atoms with Crippen LogP contribution in [-0.4, -0.2) is 13.7 Å². The van der Waals surface area contributed by atoms with Gasteiger partial charge in [0, 0.05) is 0 Å². The number of ether oxygens (including phenoxy) is 1. The quantitative estimate of drug-likeness (QED) is 0.494. The van der Waals surface area contributed by atoms with Crippen LogP contribution in [0.3, 0.4) is 0 Å². The lowest BCUT2D eigenvalue weighted by atomic mass is 10.2. The van der Waals surface area contributed by atoms with Gasteiger partial charge < -0.3 is 4.74 Å². The van der Waals surface area contributed by atoms with Gasteiger partial charge in [-0.15, -0.1) is 0 Å².